The molecule has 0 atom stereocenters. The van der Waals surface area contributed by atoms with Crippen LogP contribution in [0.2, 0.25) is 0 Å². The first-order valence-corrected chi connectivity index (χ1v) is 12.3. The molecule has 5 heteroatoms. The number of benzene rings is 4. The van der Waals surface area contributed by atoms with E-state index in [4.69, 9.17) is 10.1 Å². The molecule has 0 aliphatic heterocycles. The Labute approximate surface area is 215 Å². The van der Waals surface area contributed by atoms with E-state index in [0.29, 0.717) is 16.7 Å². The van der Waals surface area contributed by atoms with E-state index in [1.54, 1.807) is 4.57 Å². The standard InChI is InChI=1S/C32H26N4O/c1-21-8-14-24(15-9-21)29-20-30(36(34-29)26-18-12-23(3)13-19-26)31-33-28-7-5-4-6-27(28)32(37)35(31)25-16-10-22(2)11-17-25/h4-20H,1-3H3. The molecule has 180 valence electrons. The van der Waals surface area contributed by atoms with Crippen LogP contribution in [-0.4, -0.2) is 19.3 Å². The first-order valence-electron chi connectivity index (χ1n) is 12.3. The van der Waals surface area contributed by atoms with Crippen LogP contribution in [0, 0.1) is 20.8 Å². The van der Waals surface area contributed by atoms with Crippen molar-refractivity contribution in [2.75, 3.05) is 0 Å². The summed E-state index contributed by atoms with van der Waals surface area (Å²) in [4.78, 5) is 18.9. The van der Waals surface area contributed by atoms with E-state index < -0.39 is 0 Å². The van der Waals surface area contributed by atoms with Gasteiger partial charge in [0.2, 0.25) is 0 Å². The zero-order chi connectivity index (χ0) is 25.5. The van der Waals surface area contributed by atoms with Crippen LogP contribution in [-0.2, 0) is 0 Å². The molecule has 37 heavy (non-hydrogen) atoms. The smallest absolute Gasteiger partial charge is 0.266 e. The molecule has 0 spiro atoms. The lowest BCUT2D eigenvalue weighted by atomic mass is 10.1. The Balaban J connectivity index is 1.68. The summed E-state index contributed by atoms with van der Waals surface area (Å²) in [5.74, 6) is 0.541. The molecule has 0 unspecified atom stereocenters. The Hall–Kier alpha value is -4.77. The maximum absolute atomic E-state index is 13.9. The topological polar surface area (TPSA) is 52.7 Å². The van der Waals surface area contributed by atoms with E-state index in [9.17, 15) is 4.79 Å². The van der Waals surface area contributed by atoms with E-state index in [0.717, 1.165) is 39.5 Å². The molecule has 0 radical (unpaired) electrons. The van der Waals surface area contributed by atoms with E-state index in [-0.39, 0.29) is 5.56 Å². The van der Waals surface area contributed by atoms with Crippen LogP contribution >= 0.6 is 0 Å². The van der Waals surface area contributed by atoms with Gasteiger partial charge in [-0.15, -0.1) is 0 Å². The molecule has 0 saturated heterocycles. The van der Waals surface area contributed by atoms with Gasteiger partial charge in [0.25, 0.3) is 5.56 Å². The Morgan fingerprint density at radius 1 is 0.649 bits per heavy atom. The molecule has 6 rings (SSSR count). The highest BCUT2D eigenvalue weighted by Crippen LogP contribution is 2.30. The maximum atomic E-state index is 13.9. The molecule has 0 fully saturated rings. The summed E-state index contributed by atoms with van der Waals surface area (Å²) in [6.45, 7) is 6.16. The van der Waals surface area contributed by atoms with Gasteiger partial charge in [-0.05, 0) is 63.2 Å². The molecular weight excluding hydrogens is 456 g/mol. The average molecular weight is 483 g/mol. The molecule has 0 aliphatic carbocycles. The van der Waals surface area contributed by atoms with Crippen molar-refractivity contribution in [2.45, 2.75) is 20.8 Å². The monoisotopic (exact) mass is 482 g/mol. The molecule has 0 aliphatic rings. The van der Waals surface area contributed by atoms with Crippen molar-refractivity contribution in [1.29, 1.82) is 0 Å². The Morgan fingerprint density at radius 3 is 1.86 bits per heavy atom. The van der Waals surface area contributed by atoms with Crippen molar-refractivity contribution in [1.82, 2.24) is 19.3 Å². The minimum absolute atomic E-state index is 0.113. The number of para-hydroxylation sites is 1. The minimum Gasteiger partial charge on any atom is -0.268 e. The number of nitrogens with zero attached hydrogens (tertiary/aromatic N) is 4. The van der Waals surface area contributed by atoms with Crippen molar-refractivity contribution >= 4 is 10.9 Å². The lowest BCUT2D eigenvalue weighted by Crippen LogP contribution is -2.22. The number of aromatic nitrogens is 4. The van der Waals surface area contributed by atoms with Crippen molar-refractivity contribution in [2.24, 2.45) is 0 Å². The van der Waals surface area contributed by atoms with Crippen molar-refractivity contribution in [3.05, 3.63) is 130 Å². The molecule has 0 saturated carbocycles. The summed E-state index contributed by atoms with van der Waals surface area (Å²) in [7, 11) is 0. The van der Waals surface area contributed by atoms with E-state index in [1.165, 1.54) is 5.56 Å². The summed E-state index contributed by atoms with van der Waals surface area (Å²) < 4.78 is 3.58. The van der Waals surface area contributed by atoms with Crippen LogP contribution in [0.15, 0.2) is 108 Å². The summed E-state index contributed by atoms with van der Waals surface area (Å²) in [6.07, 6.45) is 0. The van der Waals surface area contributed by atoms with Crippen LogP contribution < -0.4 is 5.56 Å². The van der Waals surface area contributed by atoms with Crippen molar-refractivity contribution < 1.29 is 0 Å². The quantitative estimate of drug-likeness (QED) is 0.277. The fourth-order valence-corrected chi connectivity index (χ4v) is 4.53. The molecular formula is C32H26N4O. The van der Waals surface area contributed by atoms with Crippen molar-refractivity contribution in [3.63, 3.8) is 0 Å². The number of rotatable bonds is 4. The predicted molar refractivity (Wildman–Crippen MR) is 150 cm³/mol. The van der Waals surface area contributed by atoms with Crippen LogP contribution in [0.3, 0.4) is 0 Å². The van der Waals surface area contributed by atoms with Crippen LogP contribution in [0.4, 0.5) is 0 Å². The highest BCUT2D eigenvalue weighted by molar-refractivity contribution is 5.81. The summed E-state index contributed by atoms with van der Waals surface area (Å²) in [5, 5.41) is 5.58. The van der Waals surface area contributed by atoms with E-state index in [1.807, 2.05) is 78.3 Å². The third-order valence-corrected chi connectivity index (χ3v) is 6.63. The molecule has 6 aromatic rings. The molecule has 2 aromatic heterocycles. The number of hydrogen-bond acceptors (Lipinski definition) is 3. The predicted octanol–water partition coefficient (Wildman–Crippen LogP) is 6.83. The van der Waals surface area contributed by atoms with Gasteiger partial charge < -0.3 is 0 Å². The highest BCUT2D eigenvalue weighted by Gasteiger charge is 2.21. The summed E-state index contributed by atoms with van der Waals surface area (Å²) in [6, 6.07) is 34.0. The third kappa shape index (κ3) is 4.15. The fourth-order valence-electron chi connectivity index (χ4n) is 4.53. The maximum Gasteiger partial charge on any atom is 0.266 e. The molecule has 4 aromatic carbocycles. The van der Waals surface area contributed by atoms with E-state index in [2.05, 4.69) is 50.2 Å². The highest BCUT2D eigenvalue weighted by atomic mass is 16.1. The second-order valence-electron chi connectivity index (χ2n) is 9.46. The molecule has 0 bridgehead atoms. The fraction of sp³-hybridized carbons (Fsp3) is 0.0938. The summed E-state index contributed by atoms with van der Waals surface area (Å²) in [5.41, 5.74) is 8.23. The Bertz CT molecular complexity index is 1790. The molecule has 2 heterocycles. The number of hydrogen-bond donors (Lipinski definition) is 0. The normalized spacial score (nSPS) is 11.2. The summed E-state index contributed by atoms with van der Waals surface area (Å²) >= 11 is 0. The van der Waals surface area contributed by atoms with Gasteiger partial charge in [-0.2, -0.15) is 5.10 Å². The third-order valence-electron chi connectivity index (χ3n) is 6.63. The van der Waals surface area contributed by atoms with Gasteiger partial charge in [-0.25, -0.2) is 9.67 Å². The van der Waals surface area contributed by atoms with Gasteiger partial charge >= 0.3 is 0 Å². The minimum atomic E-state index is -0.113. The van der Waals surface area contributed by atoms with Gasteiger partial charge in [0.05, 0.1) is 28.0 Å². The number of aryl methyl sites for hydroxylation is 3. The lowest BCUT2D eigenvalue weighted by molar-refractivity contribution is 0.864. The molecule has 0 N–H and O–H groups in total. The Morgan fingerprint density at radius 2 is 1.22 bits per heavy atom. The average Bonchev–Trinajstić information content (AvgIpc) is 3.35. The number of fused-ring (bicyclic) bond motifs is 1. The van der Waals surface area contributed by atoms with Crippen LogP contribution in [0.1, 0.15) is 16.7 Å². The van der Waals surface area contributed by atoms with Gasteiger partial charge in [0, 0.05) is 5.56 Å². The van der Waals surface area contributed by atoms with E-state index >= 15 is 0 Å². The SMILES string of the molecule is Cc1ccc(-c2cc(-c3nc4ccccc4c(=O)n3-c3ccc(C)cc3)n(-c3ccc(C)cc3)n2)cc1. The van der Waals surface area contributed by atoms with Gasteiger partial charge in [0.1, 0.15) is 5.69 Å². The second kappa shape index (κ2) is 9.03. The zero-order valence-corrected chi connectivity index (χ0v) is 21.0. The molecule has 0 amide bonds. The first kappa shape index (κ1) is 22.7. The first-order chi connectivity index (χ1) is 18.0. The lowest BCUT2D eigenvalue weighted by Gasteiger charge is -2.15. The van der Waals surface area contributed by atoms with Gasteiger partial charge in [-0.1, -0.05) is 77.4 Å². The largest absolute Gasteiger partial charge is 0.268 e. The van der Waals surface area contributed by atoms with Crippen LogP contribution in [0.25, 0.3) is 45.1 Å². The van der Waals surface area contributed by atoms with Crippen molar-refractivity contribution in [3.8, 4) is 34.2 Å². The van der Waals surface area contributed by atoms with Crippen LogP contribution in [0.5, 0.6) is 0 Å². The van der Waals surface area contributed by atoms with Gasteiger partial charge in [0.15, 0.2) is 5.82 Å². The zero-order valence-electron chi connectivity index (χ0n) is 21.0. The second-order valence-corrected chi connectivity index (χ2v) is 9.46. The molecule has 5 nitrogen and oxygen atoms in total. The Kier molecular flexibility index (Phi) is 5.53. The van der Waals surface area contributed by atoms with Gasteiger partial charge in [-0.3, -0.25) is 9.36 Å².